The van der Waals surface area contributed by atoms with Crippen LogP contribution in [0.3, 0.4) is 0 Å². The normalized spacial score (nSPS) is 11.8. The minimum Gasteiger partial charge on any atom is -0.438 e. The van der Waals surface area contributed by atoms with Crippen molar-refractivity contribution in [3.63, 3.8) is 0 Å². The number of benzene rings is 1. The monoisotopic (exact) mass is 407 g/mol. The largest absolute Gasteiger partial charge is 0.438 e. The molecule has 2 N–H and O–H groups in total. The lowest BCUT2D eigenvalue weighted by Crippen LogP contribution is -2.05. The van der Waals surface area contributed by atoms with E-state index in [2.05, 4.69) is 30.9 Å². The number of nitrogens with zero attached hydrogens (tertiary/aromatic N) is 5. The van der Waals surface area contributed by atoms with Gasteiger partial charge in [-0.25, -0.2) is 4.98 Å². The quantitative estimate of drug-likeness (QED) is 0.614. The fourth-order valence-corrected chi connectivity index (χ4v) is 2.17. The molecule has 0 saturated heterocycles. The van der Waals surface area contributed by atoms with E-state index < -0.39 is 11.7 Å². The molecule has 0 spiro atoms. The van der Waals surface area contributed by atoms with E-state index >= 15 is 0 Å². The van der Waals surface area contributed by atoms with Crippen LogP contribution in [-0.2, 0) is 6.18 Å². The van der Waals surface area contributed by atoms with E-state index in [9.17, 15) is 13.2 Å². The van der Waals surface area contributed by atoms with Crippen molar-refractivity contribution in [1.82, 2.24) is 25.6 Å². The fraction of sp³-hybridized carbons (Fsp3) is 0.0625. The van der Waals surface area contributed by atoms with Crippen molar-refractivity contribution in [2.45, 2.75) is 6.18 Å². The Kier molecular flexibility index (Phi) is 5.42. The number of rotatable bonds is 5. The van der Waals surface area contributed by atoms with Gasteiger partial charge >= 0.3 is 6.18 Å². The molecule has 8 nitrogen and oxygen atoms in total. The van der Waals surface area contributed by atoms with Gasteiger partial charge in [0.15, 0.2) is 0 Å². The van der Waals surface area contributed by atoms with Gasteiger partial charge in [0.05, 0.1) is 5.56 Å². The first-order chi connectivity index (χ1) is 13.4. The third-order valence-corrected chi connectivity index (χ3v) is 3.56. The molecule has 0 saturated carbocycles. The average Bonchev–Trinajstić information content (AvgIpc) is 3.19. The van der Waals surface area contributed by atoms with Crippen LogP contribution in [0.4, 0.5) is 18.9 Å². The molecule has 1 aromatic carbocycles. The number of ether oxygens (including phenoxy) is 1. The van der Waals surface area contributed by atoms with Crippen LogP contribution >= 0.6 is 11.6 Å². The number of nitriles is 1. The van der Waals surface area contributed by atoms with Crippen LogP contribution in [-0.4, -0.2) is 25.6 Å². The van der Waals surface area contributed by atoms with Crippen LogP contribution in [0.1, 0.15) is 11.4 Å². The SMILES string of the molecule is N#CC(=CNc1ccc(Oc2ncc(C(F)(F)F)cc2Cl)cc1)c1nn[nH]n1. The number of allylic oxidation sites excluding steroid dienone is 1. The molecule has 0 atom stereocenters. The standard InChI is InChI=1S/C16H9ClF3N7O/c17-13-5-10(16(18,19)20)8-23-15(13)28-12-3-1-11(2-4-12)22-7-9(6-21)14-24-26-27-25-14/h1-5,7-8,22H,(H,24,25,26,27). The molecule has 3 rings (SSSR count). The number of anilines is 1. The fourth-order valence-electron chi connectivity index (χ4n) is 1.96. The van der Waals surface area contributed by atoms with Crippen molar-refractivity contribution in [1.29, 1.82) is 5.26 Å². The topological polar surface area (TPSA) is 112 Å². The second-order valence-corrected chi connectivity index (χ2v) is 5.59. The van der Waals surface area contributed by atoms with Gasteiger partial charge in [0, 0.05) is 18.1 Å². The number of nitrogens with one attached hydrogen (secondary N) is 2. The van der Waals surface area contributed by atoms with Crippen molar-refractivity contribution in [2.24, 2.45) is 0 Å². The number of pyridine rings is 1. The zero-order valence-corrected chi connectivity index (χ0v) is 14.5. The van der Waals surface area contributed by atoms with Crippen molar-refractivity contribution >= 4 is 22.9 Å². The van der Waals surface area contributed by atoms with Crippen molar-refractivity contribution < 1.29 is 17.9 Å². The van der Waals surface area contributed by atoms with Gasteiger partial charge in [0.25, 0.3) is 0 Å². The van der Waals surface area contributed by atoms with Gasteiger partial charge in [-0.1, -0.05) is 11.6 Å². The van der Waals surface area contributed by atoms with Gasteiger partial charge in [-0.3, -0.25) is 0 Å². The highest BCUT2D eigenvalue weighted by Gasteiger charge is 2.31. The second kappa shape index (κ2) is 7.93. The minimum atomic E-state index is -4.54. The van der Waals surface area contributed by atoms with Gasteiger partial charge in [-0.15, -0.1) is 10.2 Å². The average molecular weight is 408 g/mol. The number of aromatic amines is 1. The highest BCUT2D eigenvalue weighted by atomic mass is 35.5. The number of tetrazole rings is 1. The predicted molar refractivity (Wildman–Crippen MR) is 92.2 cm³/mol. The molecular weight excluding hydrogens is 399 g/mol. The molecule has 28 heavy (non-hydrogen) atoms. The highest BCUT2D eigenvalue weighted by Crippen LogP contribution is 2.34. The zero-order valence-electron chi connectivity index (χ0n) is 13.7. The Morgan fingerprint density at radius 1 is 1.29 bits per heavy atom. The van der Waals surface area contributed by atoms with E-state index in [1.54, 1.807) is 24.3 Å². The van der Waals surface area contributed by atoms with E-state index in [0.29, 0.717) is 17.6 Å². The van der Waals surface area contributed by atoms with Crippen molar-refractivity contribution in [3.8, 4) is 17.7 Å². The van der Waals surface area contributed by atoms with E-state index in [0.717, 1.165) is 6.07 Å². The Balaban J connectivity index is 1.69. The Hall–Kier alpha value is -3.65. The summed E-state index contributed by atoms with van der Waals surface area (Å²) in [6.45, 7) is 0. The zero-order chi connectivity index (χ0) is 20.1. The van der Waals surface area contributed by atoms with Crippen LogP contribution in [0.2, 0.25) is 5.02 Å². The minimum absolute atomic E-state index is 0.137. The molecule has 2 aromatic heterocycles. The molecule has 0 aliphatic carbocycles. The molecule has 0 fully saturated rings. The second-order valence-electron chi connectivity index (χ2n) is 5.18. The van der Waals surface area contributed by atoms with Crippen LogP contribution in [0.15, 0.2) is 42.7 Å². The summed E-state index contributed by atoms with van der Waals surface area (Å²) in [5.41, 5.74) is -0.198. The van der Waals surface area contributed by atoms with E-state index in [1.807, 2.05) is 6.07 Å². The van der Waals surface area contributed by atoms with Crippen molar-refractivity contribution in [3.05, 3.63) is 59.1 Å². The number of alkyl halides is 3. The Morgan fingerprint density at radius 3 is 2.61 bits per heavy atom. The van der Waals surface area contributed by atoms with Crippen LogP contribution < -0.4 is 10.1 Å². The Labute approximate surface area is 160 Å². The molecule has 142 valence electrons. The van der Waals surface area contributed by atoms with Gasteiger partial charge < -0.3 is 10.1 Å². The number of hydrogen-bond donors (Lipinski definition) is 2. The van der Waals surface area contributed by atoms with E-state index in [1.165, 1.54) is 6.20 Å². The summed E-state index contributed by atoms with van der Waals surface area (Å²) < 4.78 is 43.3. The molecule has 0 unspecified atom stereocenters. The lowest BCUT2D eigenvalue weighted by Gasteiger charge is -2.10. The van der Waals surface area contributed by atoms with Gasteiger partial charge in [0.2, 0.25) is 11.7 Å². The maximum Gasteiger partial charge on any atom is 0.417 e. The first-order valence-electron chi connectivity index (χ1n) is 7.48. The summed E-state index contributed by atoms with van der Waals surface area (Å²) in [6.07, 6.45) is -2.50. The molecule has 0 aliphatic heterocycles. The summed E-state index contributed by atoms with van der Waals surface area (Å²) in [5.74, 6) is 0.291. The van der Waals surface area contributed by atoms with Crippen LogP contribution in [0.25, 0.3) is 5.57 Å². The summed E-state index contributed by atoms with van der Waals surface area (Å²) >= 11 is 5.81. The molecule has 0 amide bonds. The molecule has 0 radical (unpaired) electrons. The summed E-state index contributed by atoms with van der Waals surface area (Å²) in [4.78, 5) is 3.60. The maximum atomic E-state index is 12.6. The van der Waals surface area contributed by atoms with Gasteiger partial charge in [0.1, 0.15) is 22.4 Å². The highest BCUT2D eigenvalue weighted by molar-refractivity contribution is 6.31. The molecule has 2 heterocycles. The van der Waals surface area contributed by atoms with Gasteiger partial charge in [-0.2, -0.15) is 23.6 Å². The first kappa shape index (κ1) is 19.1. The number of halogens is 4. The Morgan fingerprint density at radius 2 is 2.04 bits per heavy atom. The lowest BCUT2D eigenvalue weighted by molar-refractivity contribution is -0.137. The molecule has 0 bridgehead atoms. The molecule has 3 aromatic rings. The Bertz CT molecular complexity index is 1030. The van der Waals surface area contributed by atoms with Crippen molar-refractivity contribution in [2.75, 3.05) is 5.32 Å². The lowest BCUT2D eigenvalue weighted by atomic mass is 10.2. The number of H-pyrrole nitrogens is 1. The summed E-state index contributed by atoms with van der Waals surface area (Å²) in [7, 11) is 0. The van der Waals surface area contributed by atoms with E-state index in [4.69, 9.17) is 21.6 Å². The first-order valence-corrected chi connectivity index (χ1v) is 7.86. The number of aromatic nitrogens is 5. The van der Waals surface area contributed by atoms with E-state index in [-0.39, 0.29) is 22.3 Å². The third kappa shape index (κ3) is 4.54. The maximum absolute atomic E-state index is 12.6. The molecule has 12 heteroatoms. The molecular formula is C16H9ClF3N7O. The molecule has 0 aliphatic rings. The van der Waals surface area contributed by atoms with Gasteiger partial charge in [-0.05, 0) is 35.5 Å². The predicted octanol–water partition coefficient (Wildman–Crippen LogP) is 4.04. The van der Waals surface area contributed by atoms with Crippen LogP contribution in [0.5, 0.6) is 11.6 Å². The third-order valence-electron chi connectivity index (χ3n) is 3.29. The smallest absolute Gasteiger partial charge is 0.417 e. The number of hydrogen-bond acceptors (Lipinski definition) is 7. The summed E-state index contributed by atoms with van der Waals surface area (Å²) in [6, 6.07) is 9.00. The van der Waals surface area contributed by atoms with Crippen LogP contribution in [0, 0.1) is 11.3 Å². The summed E-state index contributed by atoms with van der Waals surface area (Å²) in [5, 5.41) is 24.7.